The third-order valence-electron chi connectivity index (χ3n) is 5.75. The molecule has 3 aromatic carbocycles. The van der Waals surface area contributed by atoms with E-state index < -0.39 is 80.9 Å². The quantitative estimate of drug-likeness (QED) is 0.284. The van der Waals surface area contributed by atoms with Crippen molar-refractivity contribution in [1.29, 1.82) is 0 Å². The smallest absolute Gasteiger partial charge is 0.355 e. The van der Waals surface area contributed by atoms with E-state index in [0.717, 1.165) is 24.3 Å². The summed E-state index contributed by atoms with van der Waals surface area (Å²) in [6.45, 7) is 0. The van der Waals surface area contributed by atoms with Gasteiger partial charge in [0.2, 0.25) is 0 Å². The maximum Gasteiger partial charge on any atom is 0.435 e. The van der Waals surface area contributed by atoms with Gasteiger partial charge in [0.15, 0.2) is 0 Å². The fraction of sp³-hybridized carbons (Fsp3) is 0.200. The van der Waals surface area contributed by atoms with Gasteiger partial charge in [-0.1, -0.05) is 41.9 Å². The van der Waals surface area contributed by atoms with Crippen LogP contribution in [0.5, 0.6) is 0 Å². The van der Waals surface area contributed by atoms with Gasteiger partial charge >= 0.3 is 24.2 Å². The third-order valence-corrected chi connectivity index (χ3v) is 6.04. The minimum atomic E-state index is -6.74. The van der Waals surface area contributed by atoms with Crippen LogP contribution in [0.4, 0.5) is 54.0 Å². The maximum absolute atomic E-state index is 15.1. The molecule has 3 aromatic rings. The first kappa shape index (κ1) is 31.6. The van der Waals surface area contributed by atoms with Crippen molar-refractivity contribution in [3.05, 3.63) is 87.7 Å². The highest BCUT2D eigenvalue weighted by atomic mass is 35.5. The molecule has 2 N–H and O–H groups in total. The second kappa shape index (κ2) is 10.8. The molecule has 16 heteroatoms. The Kier molecular flexibility index (Phi) is 8.36. The molecule has 2 amide bonds. The molecule has 0 heterocycles. The largest absolute Gasteiger partial charge is 0.435 e. The molecular formula is C25H14ClF11N2O2. The molecule has 0 saturated heterocycles. The number of hydrogen-bond donors (Lipinski definition) is 2. The predicted octanol–water partition coefficient (Wildman–Crippen LogP) is 8.07. The van der Waals surface area contributed by atoms with Gasteiger partial charge in [0.05, 0.1) is 21.8 Å². The fourth-order valence-electron chi connectivity index (χ4n) is 3.79. The van der Waals surface area contributed by atoms with Crippen LogP contribution in [-0.4, -0.2) is 31.2 Å². The van der Waals surface area contributed by atoms with Crippen molar-refractivity contribution in [2.45, 2.75) is 24.2 Å². The Bertz CT molecular complexity index is 1480. The van der Waals surface area contributed by atoms with Crippen LogP contribution >= 0.6 is 11.6 Å². The van der Waals surface area contributed by atoms with Crippen molar-refractivity contribution in [2.75, 3.05) is 12.4 Å². The lowest BCUT2D eigenvalue weighted by Gasteiger charge is -2.31. The normalized spacial score (nSPS) is 12.7. The zero-order valence-corrected chi connectivity index (χ0v) is 20.8. The molecule has 0 spiro atoms. The zero-order valence-electron chi connectivity index (χ0n) is 20.0. The number of halogens is 12. The zero-order chi connectivity index (χ0) is 31.1. The first-order chi connectivity index (χ1) is 18.8. The molecule has 0 fully saturated rings. The summed E-state index contributed by atoms with van der Waals surface area (Å²) in [5.74, 6) is -3.43. The monoisotopic (exact) mass is 618 g/mol. The van der Waals surface area contributed by atoms with E-state index in [1.54, 1.807) is 5.32 Å². The minimum Gasteiger partial charge on any atom is -0.355 e. The van der Waals surface area contributed by atoms with E-state index in [2.05, 4.69) is 5.32 Å². The molecule has 220 valence electrons. The fourth-order valence-corrected chi connectivity index (χ4v) is 4.06. The highest BCUT2D eigenvalue weighted by molar-refractivity contribution is 6.34. The lowest BCUT2D eigenvalue weighted by molar-refractivity contribution is -0.348. The van der Waals surface area contributed by atoms with Crippen molar-refractivity contribution < 1.29 is 57.9 Å². The van der Waals surface area contributed by atoms with Gasteiger partial charge in [-0.15, -0.1) is 0 Å². The second-order valence-electron chi connectivity index (χ2n) is 8.28. The Morgan fingerprint density at radius 2 is 1.27 bits per heavy atom. The van der Waals surface area contributed by atoms with Gasteiger partial charge in [0.1, 0.15) is 5.82 Å². The number of rotatable bonds is 5. The van der Waals surface area contributed by atoms with Crippen LogP contribution in [0.3, 0.4) is 0 Å². The molecular weight excluding hydrogens is 605 g/mol. The number of carbonyl (C=O) groups is 2. The maximum atomic E-state index is 15.1. The van der Waals surface area contributed by atoms with E-state index in [-0.39, 0.29) is 17.2 Å². The number of hydrogen-bond acceptors (Lipinski definition) is 2. The van der Waals surface area contributed by atoms with Gasteiger partial charge in [-0.2, -0.15) is 39.5 Å². The van der Waals surface area contributed by atoms with E-state index in [9.17, 15) is 53.5 Å². The van der Waals surface area contributed by atoms with E-state index in [4.69, 9.17) is 11.6 Å². The van der Waals surface area contributed by atoms with Crippen LogP contribution in [0.2, 0.25) is 5.02 Å². The summed E-state index contributed by atoms with van der Waals surface area (Å²) in [7, 11) is 1.21. The molecule has 0 aromatic heterocycles. The van der Waals surface area contributed by atoms with Gasteiger partial charge < -0.3 is 10.6 Å². The highest BCUT2D eigenvalue weighted by Gasteiger charge is 2.73. The number of amides is 2. The van der Waals surface area contributed by atoms with Crippen LogP contribution < -0.4 is 10.6 Å². The number of benzene rings is 3. The number of anilines is 1. The molecule has 0 unspecified atom stereocenters. The standard InChI is InChI=1S/C25H14ClF11N2O2/c1-38-20(40)15-8-4-7-13(18(15)27)12-5-2-3-6-14(12)21(41)39-19-16(23(29,30)31)9-11(10-17(19)26)22(28,24(32,33)34)25(35,36)37/h2-10H,1H3,(H,38,40)(H,39,41). The topological polar surface area (TPSA) is 58.2 Å². The second-order valence-corrected chi connectivity index (χ2v) is 8.69. The summed E-state index contributed by atoms with van der Waals surface area (Å²) in [6.07, 6.45) is -19.2. The summed E-state index contributed by atoms with van der Waals surface area (Å²) in [4.78, 5) is 25.0. The Balaban J connectivity index is 2.18. The molecule has 3 rings (SSSR count). The highest BCUT2D eigenvalue weighted by Crippen LogP contribution is 2.55. The van der Waals surface area contributed by atoms with Crippen molar-refractivity contribution in [1.82, 2.24) is 5.32 Å². The lowest BCUT2D eigenvalue weighted by atomic mass is 9.91. The summed E-state index contributed by atoms with van der Waals surface area (Å²) in [5.41, 5.74) is -14.2. The molecule has 41 heavy (non-hydrogen) atoms. The van der Waals surface area contributed by atoms with Gasteiger partial charge in [0, 0.05) is 23.7 Å². The molecule has 0 aliphatic carbocycles. The van der Waals surface area contributed by atoms with Gasteiger partial charge in [-0.3, -0.25) is 9.59 Å². The van der Waals surface area contributed by atoms with Crippen LogP contribution in [0.15, 0.2) is 54.6 Å². The molecule has 0 radical (unpaired) electrons. The number of carbonyl (C=O) groups excluding carboxylic acids is 2. The molecule has 0 bridgehead atoms. The van der Waals surface area contributed by atoms with Crippen molar-refractivity contribution >= 4 is 29.1 Å². The summed E-state index contributed by atoms with van der Waals surface area (Å²) < 4.78 is 150. The summed E-state index contributed by atoms with van der Waals surface area (Å²) in [5, 5.41) is 2.33. The van der Waals surface area contributed by atoms with Crippen LogP contribution in [-0.2, 0) is 11.8 Å². The van der Waals surface area contributed by atoms with E-state index >= 15 is 4.39 Å². The van der Waals surface area contributed by atoms with Crippen molar-refractivity contribution in [3.8, 4) is 11.1 Å². The SMILES string of the molecule is CNC(=O)c1cccc(-c2ccccc2C(=O)Nc2c(Cl)cc(C(F)(C(F)(F)F)C(F)(F)F)cc2C(F)(F)F)c1F. The minimum absolute atomic E-state index is 0.258. The lowest BCUT2D eigenvalue weighted by Crippen LogP contribution is -2.50. The average Bonchev–Trinajstić information content (AvgIpc) is 2.86. The molecule has 4 nitrogen and oxygen atoms in total. The van der Waals surface area contributed by atoms with Gasteiger partial charge in [0.25, 0.3) is 11.8 Å². The molecule has 0 saturated carbocycles. The first-order valence-electron chi connectivity index (χ1n) is 10.9. The van der Waals surface area contributed by atoms with Crippen molar-refractivity contribution in [3.63, 3.8) is 0 Å². The molecule has 0 atom stereocenters. The Labute approximate surface area is 228 Å². The Morgan fingerprint density at radius 1 is 0.732 bits per heavy atom. The molecule has 0 aliphatic rings. The van der Waals surface area contributed by atoms with Gasteiger partial charge in [-0.25, -0.2) is 8.78 Å². The van der Waals surface area contributed by atoms with E-state index in [1.807, 2.05) is 0 Å². The van der Waals surface area contributed by atoms with E-state index in [1.165, 1.54) is 25.2 Å². The van der Waals surface area contributed by atoms with Crippen LogP contribution in [0.1, 0.15) is 31.8 Å². The van der Waals surface area contributed by atoms with Crippen molar-refractivity contribution in [2.24, 2.45) is 0 Å². The van der Waals surface area contributed by atoms with Gasteiger partial charge in [-0.05, 0) is 29.8 Å². The molecule has 0 aliphatic heterocycles. The Hall–Kier alpha value is -3.88. The summed E-state index contributed by atoms with van der Waals surface area (Å²) in [6, 6.07) is 7.03. The number of alkyl halides is 10. The van der Waals surface area contributed by atoms with Crippen LogP contribution in [0, 0.1) is 5.82 Å². The van der Waals surface area contributed by atoms with Crippen LogP contribution in [0.25, 0.3) is 11.1 Å². The summed E-state index contributed by atoms with van der Waals surface area (Å²) >= 11 is 5.61. The number of nitrogens with one attached hydrogen (secondary N) is 2. The first-order valence-corrected chi connectivity index (χ1v) is 11.3. The third kappa shape index (κ3) is 5.80. The predicted molar refractivity (Wildman–Crippen MR) is 125 cm³/mol. The average molecular weight is 619 g/mol. The Morgan fingerprint density at radius 3 is 1.80 bits per heavy atom. The van der Waals surface area contributed by atoms with E-state index in [0.29, 0.717) is 0 Å².